The zero-order chi connectivity index (χ0) is 15.6. The van der Waals surface area contributed by atoms with Gasteiger partial charge in [0.1, 0.15) is 11.5 Å². The van der Waals surface area contributed by atoms with Crippen molar-refractivity contribution in [2.75, 3.05) is 17.7 Å². The van der Waals surface area contributed by atoms with Gasteiger partial charge in [-0.25, -0.2) is 9.37 Å². The number of nitro groups is 1. The van der Waals surface area contributed by atoms with E-state index in [2.05, 4.69) is 20.6 Å². The van der Waals surface area contributed by atoms with E-state index in [0.717, 1.165) is 0 Å². The van der Waals surface area contributed by atoms with Crippen LogP contribution in [-0.2, 0) is 0 Å². The van der Waals surface area contributed by atoms with Crippen LogP contribution in [0.3, 0.4) is 0 Å². The van der Waals surface area contributed by atoms with Crippen molar-refractivity contribution in [3.8, 4) is 0 Å². The fraction of sp³-hybridized carbons (Fsp3) is 0.167. The van der Waals surface area contributed by atoms with Crippen molar-refractivity contribution in [3.05, 3.63) is 44.8 Å². The summed E-state index contributed by atoms with van der Waals surface area (Å²) in [7, 11) is 1.57. The highest BCUT2D eigenvalue weighted by Gasteiger charge is 2.23. The van der Waals surface area contributed by atoms with E-state index in [9.17, 15) is 14.5 Å². The number of rotatable bonds is 4. The Hall–Kier alpha value is -2.48. The van der Waals surface area contributed by atoms with Crippen molar-refractivity contribution in [1.29, 1.82) is 0 Å². The summed E-state index contributed by atoms with van der Waals surface area (Å²) in [5, 5.41) is 16.5. The Morgan fingerprint density at radius 2 is 2.10 bits per heavy atom. The second kappa shape index (κ2) is 5.88. The first-order valence-electron chi connectivity index (χ1n) is 5.86. The molecule has 2 aromatic rings. The van der Waals surface area contributed by atoms with Gasteiger partial charge in [0.25, 0.3) is 0 Å². The van der Waals surface area contributed by atoms with Crippen LogP contribution in [0.5, 0.6) is 0 Å². The average molecular weight is 312 g/mol. The van der Waals surface area contributed by atoms with Crippen LogP contribution in [0, 0.1) is 22.9 Å². The van der Waals surface area contributed by atoms with E-state index in [1.807, 2.05) is 0 Å². The molecule has 0 bridgehead atoms. The Bertz CT molecular complexity index is 690. The molecule has 110 valence electrons. The molecule has 0 aliphatic carbocycles. The van der Waals surface area contributed by atoms with Crippen molar-refractivity contribution in [1.82, 2.24) is 9.97 Å². The van der Waals surface area contributed by atoms with Crippen molar-refractivity contribution in [3.63, 3.8) is 0 Å². The maximum atomic E-state index is 13.8. The van der Waals surface area contributed by atoms with Gasteiger partial charge >= 0.3 is 5.69 Å². The number of aromatic nitrogens is 2. The average Bonchev–Trinajstić information content (AvgIpc) is 2.42. The van der Waals surface area contributed by atoms with Gasteiger partial charge in [0.15, 0.2) is 0 Å². The summed E-state index contributed by atoms with van der Waals surface area (Å²) in [4.78, 5) is 18.4. The van der Waals surface area contributed by atoms with Gasteiger partial charge in [0.2, 0.25) is 11.8 Å². The molecule has 0 saturated heterocycles. The molecule has 9 heteroatoms. The van der Waals surface area contributed by atoms with Crippen molar-refractivity contribution >= 4 is 34.7 Å². The molecule has 0 fully saturated rings. The zero-order valence-electron chi connectivity index (χ0n) is 11.1. The van der Waals surface area contributed by atoms with E-state index in [1.54, 1.807) is 7.05 Å². The minimum atomic E-state index is -0.640. The van der Waals surface area contributed by atoms with Crippen LogP contribution >= 0.6 is 11.6 Å². The fourth-order valence-electron chi connectivity index (χ4n) is 1.72. The molecular weight excluding hydrogens is 301 g/mol. The van der Waals surface area contributed by atoms with E-state index in [4.69, 9.17) is 11.6 Å². The topological polar surface area (TPSA) is 93.0 Å². The van der Waals surface area contributed by atoms with Gasteiger partial charge in [-0.15, -0.1) is 0 Å². The second-order valence-electron chi connectivity index (χ2n) is 4.06. The summed E-state index contributed by atoms with van der Waals surface area (Å²) in [6.45, 7) is 1.47. The SMILES string of the molecule is CNc1nc(C)c([N+](=O)[O-])c(Nc2c(F)cccc2Cl)n1. The fourth-order valence-corrected chi connectivity index (χ4v) is 1.93. The van der Waals surface area contributed by atoms with Crippen LogP contribution in [0.2, 0.25) is 5.02 Å². The summed E-state index contributed by atoms with van der Waals surface area (Å²) >= 11 is 5.89. The van der Waals surface area contributed by atoms with Gasteiger partial charge < -0.3 is 10.6 Å². The summed E-state index contributed by atoms with van der Waals surface area (Å²) in [6.07, 6.45) is 0. The van der Waals surface area contributed by atoms with Crippen LogP contribution in [0.15, 0.2) is 18.2 Å². The third-order valence-corrected chi connectivity index (χ3v) is 2.99. The lowest BCUT2D eigenvalue weighted by atomic mass is 10.3. The molecule has 0 saturated carbocycles. The van der Waals surface area contributed by atoms with E-state index in [1.165, 1.54) is 25.1 Å². The number of hydrogen-bond acceptors (Lipinski definition) is 6. The van der Waals surface area contributed by atoms with Crippen LogP contribution in [0.25, 0.3) is 0 Å². The van der Waals surface area contributed by atoms with E-state index in [0.29, 0.717) is 0 Å². The number of hydrogen-bond donors (Lipinski definition) is 2. The summed E-state index contributed by atoms with van der Waals surface area (Å²) in [5.41, 5.74) is -0.273. The van der Waals surface area contributed by atoms with E-state index >= 15 is 0 Å². The van der Waals surface area contributed by atoms with E-state index in [-0.39, 0.29) is 33.9 Å². The third-order valence-electron chi connectivity index (χ3n) is 2.67. The first-order chi connectivity index (χ1) is 9.93. The zero-order valence-corrected chi connectivity index (χ0v) is 11.9. The van der Waals surface area contributed by atoms with Crippen LogP contribution in [0.1, 0.15) is 5.69 Å². The van der Waals surface area contributed by atoms with Gasteiger partial charge in [-0.2, -0.15) is 4.98 Å². The predicted octanol–water partition coefficient (Wildman–Crippen LogP) is 3.27. The van der Waals surface area contributed by atoms with Crippen molar-refractivity contribution < 1.29 is 9.31 Å². The second-order valence-corrected chi connectivity index (χ2v) is 4.47. The lowest BCUT2D eigenvalue weighted by molar-refractivity contribution is -0.385. The van der Waals surface area contributed by atoms with Gasteiger partial charge in [-0.05, 0) is 19.1 Å². The van der Waals surface area contributed by atoms with Crippen LogP contribution < -0.4 is 10.6 Å². The van der Waals surface area contributed by atoms with Gasteiger partial charge in [-0.3, -0.25) is 10.1 Å². The highest BCUT2D eigenvalue weighted by atomic mass is 35.5. The minimum absolute atomic E-state index is 0.0811. The standard InChI is InChI=1S/C12H11ClFN5O2/c1-6-10(19(20)21)11(18-12(15-2)16-6)17-9-7(13)4-3-5-8(9)14/h3-5H,1-2H3,(H2,15,16,17,18). The molecule has 1 heterocycles. The van der Waals surface area contributed by atoms with E-state index < -0.39 is 10.7 Å². The smallest absolute Gasteiger partial charge is 0.332 e. The molecule has 0 aliphatic heterocycles. The summed E-state index contributed by atoms with van der Waals surface area (Å²) in [6, 6.07) is 4.08. The maximum Gasteiger partial charge on any atom is 0.332 e. The predicted molar refractivity (Wildman–Crippen MR) is 77.7 cm³/mol. The maximum absolute atomic E-state index is 13.8. The monoisotopic (exact) mass is 311 g/mol. The Kier molecular flexibility index (Phi) is 4.18. The third kappa shape index (κ3) is 3.00. The number of halogens is 2. The Labute approximate surface area is 124 Å². The molecular formula is C12H11ClFN5O2. The highest BCUT2D eigenvalue weighted by molar-refractivity contribution is 6.33. The normalized spacial score (nSPS) is 10.3. The molecule has 1 aromatic heterocycles. The lowest BCUT2D eigenvalue weighted by Gasteiger charge is -2.11. The molecule has 7 nitrogen and oxygen atoms in total. The quantitative estimate of drug-likeness (QED) is 0.665. The minimum Gasteiger partial charge on any atom is -0.357 e. The number of aryl methyl sites for hydroxylation is 1. The Balaban J connectivity index is 2.57. The first kappa shape index (κ1) is 14.9. The van der Waals surface area contributed by atoms with Gasteiger partial charge in [-0.1, -0.05) is 17.7 Å². The number of para-hydroxylation sites is 1. The number of anilines is 3. The number of benzene rings is 1. The van der Waals surface area contributed by atoms with Crippen LogP contribution in [0.4, 0.5) is 27.5 Å². The largest absolute Gasteiger partial charge is 0.357 e. The lowest BCUT2D eigenvalue weighted by Crippen LogP contribution is -2.08. The van der Waals surface area contributed by atoms with Gasteiger partial charge in [0.05, 0.1) is 15.6 Å². The molecule has 1 aromatic carbocycles. The van der Waals surface area contributed by atoms with Crippen molar-refractivity contribution in [2.24, 2.45) is 0 Å². The van der Waals surface area contributed by atoms with Crippen molar-refractivity contribution in [2.45, 2.75) is 6.92 Å². The molecule has 21 heavy (non-hydrogen) atoms. The molecule has 0 spiro atoms. The Morgan fingerprint density at radius 3 is 2.67 bits per heavy atom. The molecule has 2 rings (SSSR count). The first-order valence-corrected chi connectivity index (χ1v) is 6.23. The molecule has 2 N–H and O–H groups in total. The molecule has 0 radical (unpaired) electrons. The van der Waals surface area contributed by atoms with Gasteiger partial charge in [0, 0.05) is 7.05 Å². The molecule has 0 atom stereocenters. The molecule has 0 aliphatic rings. The summed E-state index contributed by atoms with van der Waals surface area (Å²) < 4.78 is 13.8. The summed E-state index contributed by atoms with van der Waals surface area (Å²) in [5.74, 6) is -0.601. The number of nitrogens with one attached hydrogen (secondary N) is 2. The molecule has 0 amide bonds. The Morgan fingerprint density at radius 1 is 1.38 bits per heavy atom. The highest BCUT2D eigenvalue weighted by Crippen LogP contribution is 2.33. The molecule has 0 unspecified atom stereocenters. The van der Waals surface area contributed by atoms with Crippen LogP contribution in [-0.4, -0.2) is 21.9 Å². The number of nitrogens with zero attached hydrogens (tertiary/aromatic N) is 3.